The number of hydrogen-bond donors (Lipinski definition) is 1. The Kier molecular flexibility index (Phi) is 4.13. The van der Waals surface area contributed by atoms with E-state index in [9.17, 15) is 23.7 Å². The number of carbonyl (C=O) groups is 1. The van der Waals surface area contributed by atoms with Crippen molar-refractivity contribution in [2.24, 2.45) is 0 Å². The summed E-state index contributed by atoms with van der Waals surface area (Å²) < 4.78 is 26.2. The Morgan fingerprint density at radius 3 is 2.52 bits per heavy atom. The summed E-state index contributed by atoms with van der Waals surface area (Å²) in [6, 6.07) is 5.90. The second kappa shape index (κ2) is 5.84. The molecule has 0 saturated carbocycles. The van der Waals surface area contributed by atoms with Gasteiger partial charge in [0, 0.05) is 18.2 Å². The number of nitrogens with one attached hydrogen (secondary N) is 1. The lowest BCUT2D eigenvalue weighted by molar-refractivity contribution is -0.384. The van der Waals surface area contributed by atoms with Crippen LogP contribution >= 0.6 is 11.6 Å². The smallest absolute Gasteiger partial charge is 0.270 e. The van der Waals surface area contributed by atoms with E-state index < -0.39 is 22.5 Å². The maximum absolute atomic E-state index is 13.4. The number of benzene rings is 2. The Bertz CT molecular complexity index is 737. The van der Waals surface area contributed by atoms with Crippen LogP contribution in [0.2, 0.25) is 5.02 Å². The molecule has 1 N–H and O–H groups in total. The summed E-state index contributed by atoms with van der Waals surface area (Å²) in [6.07, 6.45) is 0. The zero-order chi connectivity index (χ0) is 15.6. The first-order valence-corrected chi connectivity index (χ1v) is 5.96. The third-order valence-corrected chi connectivity index (χ3v) is 2.91. The summed E-state index contributed by atoms with van der Waals surface area (Å²) in [5.41, 5.74) is -0.775. The summed E-state index contributed by atoms with van der Waals surface area (Å²) in [7, 11) is 0. The quantitative estimate of drug-likeness (QED) is 0.692. The van der Waals surface area contributed by atoms with Gasteiger partial charge in [-0.1, -0.05) is 11.6 Å². The first-order valence-electron chi connectivity index (χ1n) is 5.59. The molecule has 0 fully saturated rings. The molecule has 0 aliphatic heterocycles. The first kappa shape index (κ1) is 14.9. The van der Waals surface area contributed by atoms with E-state index in [4.69, 9.17) is 11.6 Å². The molecule has 0 atom stereocenters. The minimum atomic E-state index is -0.968. The lowest BCUT2D eigenvalue weighted by Crippen LogP contribution is -2.14. The number of amides is 1. The van der Waals surface area contributed by atoms with Crippen LogP contribution in [0.25, 0.3) is 0 Å². The fourth-order valence-corrected chi connectivity index (χ4v) is 1.78. The van der Waals surface area contributed by atoms with Crippen molar-refractivity contribution in [3.8, 4) is 0 Å². The molecule has 0 aromatic heterocycles. The van der Waals surface area contributed by atoms with Gasteiger partial charge < -0.3 is 5.32 Å². The number of anilines is 1. The molecule has 0 spiro atoms. The van der Waals surface area contributed by atoms with E-state index in [0.717, 1.165) is 24.3 Å². The molecule has 2 rings (SSSR count). The molecule has 2 aromatic rings. The Morgan fingerprint density at radius 2 is 1.90 bits per heavy atom. The Labute approximate surface area is 122 Å². The molecule has 0 bridgehead atoms. The third-order valence-electron chi connectivity index (χ3n) is 2.58. The second-order valence-electron chi connectivity index (χ2n) is 4.00. The average molecular weight is 313 g/mol. The van der Waals surface area contributed by atoms with Crippen LogP contribution in [0.15, 0.2) is 36.4 Å². The normalized spacial score (nSPS) is 10.2. The highest BCUT2D eigenvalue weighted by atomic mass is 35.5. The number of rotatable bonds is 3. The fourth-order valence-electron chi connectivity index (χ4n) is 1.58. The molecule has 0 unspecified atom stereocenters. The highest BCUT2D eigenvalue weighted by molar-refractivity contribution is 6.34. The van der Waals surface area contributed by atoms with Gasteiger partial charge in [-0.05, 0) is 18.2 Å². The highest BCUT2D eigenvalue weighted by Gasteiger charge is 2.17. The first-order chi connectivity index (χ1) is 9.88. The molecular weight excluding hydrogens is 306 g/mol. The summed E-state index contributed by atoms with van der Waals surface area (Å²) in [5, 5.41) is 12.8. The second-order valence-corrected chi connectivity index (χ2v) is 4.41. The van der Waals surface area contributed by atoms with Gasteiger partial charge in [-0.25, -0.2) is 8.78 Å². The van der Waals surface area contributed by atoms with Gasteiger partial charge in [-0.3, -0.25) is 14.9 Å². The summed E-state index contributed by atoms with van der Waals surface area (Å²) in [5.74, 6) is -2.60. The van der Waals surface area contributed by atoms with Crippen molar-refractivity contribution in [3.05, 3.63) is 68.7 Å². The van der Waals surface area contributed by atoms with Crippen molar-refractivity contribution in [2.75, 3.05) is 5.32 Å². The molecule has 0 radical (unpaired) electrons. The summed E-state index contributed by atoms with van der Waals surface area (Å²) in [6.45, 7) is 0. The van der Waals surface area contributed by atoms with Gasteiger partial charge in [0.25, 0.3) is 11.6 Å². The van der Waals surface area contributed by atoms with Crippen LogP contribution in [-0.2, 0) is 0 Å². The Morgan fingerprint density at radius 1 is 1.19 bits per heavy atom. The molecule has 21 heavy (non-hydrogen) atoms. The van der Waals surface area contributed by atoms with Gasteiger partial charge in [0.15, 0.2) is 0 Å². The molecule has 5 nitrogen and oxygen atoms in total. The molecule has 8 heteroatoms. The maximum atomic E-state index is 13.4. The maximum Gasteiger partial charge on any atom is 0.270 e. The number of hydrogen-bond acceptors (Lipinski definition) is 3. The van der Waals surface area contributed by atoms with Crippen molar-refractivity contribution in [3.63, 3.8) is 0 Å². The minimum Gasteiger partial charge on any atom is -0.319 e. The van der Waals surface area contributed by atoms with Crippen molar-refractivity contribution >= 4 is 28.9 Å². The largest absolute Gasteiger partial charge is 0.319 e. The van der Waals surface area contributed by atoms with E-state index in [-0.39, 0.29) is 22.0 Å². The Balaban J connectivity index is 2.32. The third kappa shape index (κ3) is 3.32. The van der Waals surface area contributed by atoms with Crippen LogP contribution < -0.4 is 5.32 Å². The van der Waals surface area contributed by atoms with E-state index in [1.54, 1.807) is 0 Å². The highest BCUT2D eigenvalue weighted by Crippen LogP contribution is 2.24. The number of halogens is 3. The van der Waals surface area contributed by atoms with Crippen LogP contribution in [0.4, 0.5) is 20.2 Å². The number of carbonyl (C=O) groups excluding carboxylic acids is 1. The van der Waals surface area contributed by atoms with Crippen LogP contribution in [0, 0.1) is 21.7 Å². The topological polar surface area (TPSA) is 72.2 Å². The van der Waals surface area contributed by atoms with Gasteiger partial charge >= 0.3 is 0 Å². The van der Waals surface area contributed by atoms with Crippen molar-refractivity contribution in [1.29, 1.82) is 0 Å². The van der Waals surface area contributed by atoms with Gasteiger partial charge in [-0.15, -0.1) is 0 Å². The zero-order valence-electron chi connectivity index (χ0n) is 10.3. The molecule has 0 saturated heterocycles. The zero-order valence-corrected chi connectivity index (χ0v) is 11.0. The number of non-ortho nitro benzene ring substituents is 1. The van der Waals surface area contributed by atoms with E-state index in [2.05, 4.69) is 5.32 Å². The Hall–Kier alpha value is -2.54. The van der Waals surface area contributed by atoms with E-state index >= 15 is 0 Å². The van der Waals surface area contributed by atoms with Crippen LogP contribution in [0.1, 0.15) is 10.4 Å². The lowest BCUT2D eigenvalue weighted by atomic mass is 10.2. The fraction of sp³-hybridized carbons (Fsp3) is 0. The summed E-state index contributed by atoms with van der Waals surface area (Å²) in [4.78, 5) is 21.9. The molecule has 0 heterocycles. The summed E-state index contributed by atoms with van der Waals surface area (Å²) >= 11 is 5.79. The standard InChI is InChI=1S/C13H7ClF2N2O3/c14-10-3-2-8(18(20)21)6-9(10)13(19)17-12-4-1-7(15)5-11(12)16/h1-6H,(H,17,19). The predicted molar refractivity (Wildman–Crippen MR) is 72.4 cm³/mol. The van der Waals surface area contributed by atoms with Crippen LogP contribution in [0.5, 0.6) is 0 Å². The molecular formula is C13H7ClF2N2O3. The van der Waals surface area contributed by atoms with E-state index in [0.29, 0.717) is 6.07 Å². The lowest BCUT2D eigenvalue weighted by Gasteiger charge is -2.07. The van der Waals surface area contributed by atoms with Gasteiger partial charge in [0.2, 0.25) is 0 Å². The molecule has 1 amide bonds. The van der Waals surface area contributed by atoms with Gasteiger partial charge in [0.1, 0.15) is 11.6 Å². The van der Waals surface area contributed by atoms with Crippen molar-refractivity contribution in [2.45, 2.75) is 0 Å². The molecule has 2 aromatic carbocycles. The molecule has 0 aliphatic rings. The monoisotopic (exact) mass is 312 g/mol. The van der Waals surface area contributed by atoms with E-state index in [1.807, 2.05) is 0 Å². The molecule has 108 valence electrons. The number of nitrogens with zero attached hydrogens (tertiary/aromatic N) is 1. The average Bonchev–Trinajstić information content (AvgIpc) is 2.42. The van der Waals surface area contributed by atoms with Crippen LogP contribution in [-0.4, -0.2) is 10.8 Å². The van der Waals surface area contributed by atoms with Crippen LogP contribution in [0.3, 0.4) is 0 Å². The van der Waals surface area contributed by atoms with Crippen molar-refractivity contribution in [1.82, 2.24) is 0 Å². The number of nitro groups is 1. The molecule has 0 aliphatic carbocycles. The van der Waals surface area contributed by atoms with Gasteiger partial charge in [0.05, 0.1) is 21.2 Å². The number of nitro benzene ring substituents is 1. The SMILES string of the molecule is O=C(Nc1ccc(F)cc1F)c1cc([N+](=O)[O-])ccc1Cl. The van der Waals surface area contributed by atoms with Crippen molar-refractivity contribution < 1.29 is 18.5 Å². The minimum absolute atomic E-state index is 0.0272. The predicted octanol–water partition coefficient (Wildman–Crippen LogP) is 3.78. The van der Waals surface area contributed by atoms with E-state index in [1.165, 1.54) is 6.07 Å². The van der Waals surface area contributed by atoms with Gasteiger partial charge in [-0.2, -0.15) is 0 Å².